The van der Waals surface area contributed by atoms with Gasteiger partial charge in [-0.15, -0.1) is 0 Å². The van der Waals surface area contributed by atoms with Crippen LogP contribution in [0.3, 0.4) is 0 Å². The van der Waals surface area contributed by atoms with Crippen LogP contribution in [0, 0.1) is 5.92 Å². The van der Waals surface area contributed by atoms with Gasteiger partial charge >= 0.3 is 0 Å². The van der Waals surface area contributed by atoms with Gasteiger partial charge in [-0.3, -0.25) is 0 Å². The van der Waals surface area contributed by atoms with E-state index in [4.69, 9.17) is 10.8 Å². The second kappa shape index (κ2) is 4.23. The van der Waals surface area contributed by atoms with Crippen molar-refractivity contribution in [3.05, 3.63) is 23.4 Å². The maximum atomic E-state index is 8.96. The summed E-state index contributed by atoms with van der Waals surface area (Å²) in [6.07, 6.45) is 2.74. The van der Waals surface area contributed by atoms with E-state index in [9.17, 15) is 0 Å². The summed E-state index contributed by atoms with van der Waals surface area (Å²) in [5, 5.41) is 8.96. The Balaban J connectivity index is 2.86. The van der Waals surface area contributed by atoms with E-state index < -0.39 is 0 Å². The fraction of sp³-hybridized carbons (Fsp3) is 0.500. The predicted molar refractivity (Wildman–Crippen MR) is 53.1 cm³/mol. The largest absolute Gasteiger partial charge is 0.392 e. The van der Waals surface area contributed by atoms with Gasteiger partial charge in [0.2, 0.25) is 0 Å². The molecular formula is C10H16N2O. The lowest BCUT2D eigenvalue weighted by atomic mass is 10.0. The van der Waals surface area contributed by atoms with Crippen molar-refractivity contribution in [1.29, 1.82) is 0 Å². The van der Waals surface area contributed by atoms with Crippen molar-refractivity contribution in [2.75, 3.05) is 5.73 Å². The Morgan fingerprint density at radius 1 is 1.54 bits per heavy atom. The molecule has 0 aliphatic carbocycles. The van der Waals surface area contributed by atoms with E-state index in [1.165, 1.54) is 0 Å². The molecule has 0 bridgehead atoms. The molecule has 0 saturated carbocycles. The molecule has 0 atom stereocenters. The highest BCUT2D eigenvalue weighted by Gasteiger charge is 2.03. The van der Waals surface area contributed by atoms with E-state index in [0.29, 0.717) is 11.7 Å². The smallest absolute Gasteiger partial charge is 0.128 e. The number of aromatic nitrogens is 1. The number of hydrogen-bond donors (Lipinski definition) is 2. The zero-order valence-corrected chi connectivity index (χ0v) is 8.12. The summed E-state index contributed by atoms with van der Waals surface area (Å²) in [6, 6.07) is 1.92. The molecule has 0 fully saturated rings. The van der Waals surface area contributed by atoms with E-state index in [2.05, 4.69) is 18.8 Å². The van der Waals surface area contributed by atoms with E-state index >= 15 is 0 Å². The van der Waals surface area contributed by atoms with E-state index in [-0.39, 0.29) is 6.61 Å². The SMILES string of the molecule is CC(C)Cc1cnc(N)c(CO)c1. The maximum Gasteiger partial charge on any atom is 0.128 e. The third-order valence-corrected chi connectivity index (χ3v) is 1.87. The Kier molecular flexibility index (Phi) is 3.25. The summed E-state index contributed by atoms with van der Waals surface area (Å²) in [5.41, 5.74) is 7.41. The monoisotopic (exact) mass is 180 g/mol. The first-order valence-electron chi connectivity index (χ1n) is 4.47. The molecule has 0 saturated heterocycles. The number of nitrogens with zero attached hydrogens (tertiary/aromatic N) is 1. The summed E-state index contributed by atoms with van der Waals surface area (Å²) in [7, 11) is 0. The van der Waals surface area contributed by atoms with Crippen molar-refractivity contribution in [1.82, 2.24) is 4.98 Å². The van der Waals surface area contributed by atoms with E-state index in [0.717, 1.165) is 17.5 Å². The highest BCUT2D eigenvalue weighted by Crippen LogP contribution is 2.13. The van der Waals surface area contributed by atoms with Crippen LogP contribution in [0.15, 0.2) is 12.3 Å². The van der Waals surface area contributed by atoms with Crippen LogP contribution in [0.1, 0.15) is 25.0 Å². The quantitative estimate of drug-likeness (QED) is 0.738. The number of nitrogens with two attached hydrogens (primary N) is 1. The Morgan fingerprint density at radius 3 is 2.77 bits per heavy atom. The second-order valence-corrected chi connectivity index (χ2v) is 3.64. The third kappa shape index (κ3) is 2.70. The zero-order chi connectivity index (χ0) is 9.84. The minimum atomic E-state index is -0.0369. The Bertz CT molecular complexity index is 284. The number of rotatable bonds is 3. The van der Waals surface area contributed by atoms with Gasteiger partial charge in [0.25, 0.3) is 0 Å². The summed E-state index contributed by atoms with van der Waals surface area (Å²) >= 11 is 0. The minimum absolute atomic E-state index is 0.0369. The van der Waals surface area contributed by atoms with E-state index in [1.807, 2.05) is 6.07 Å². The molecule has 3 N–H and O–H groups in total. The van der Waals surface area contributed by atoms with Crippen molar-refractivity contribution >= 4 is 5.82 Å². The first-order chi connectivity index (χ1) is 6.13. The molecule has 0 aromatic carbocycles. The molecule has 0 aliphatic heterocycles. The second-order valence-electron chi connectivity index (χ2n) is 3.64. The molecule has 0 spiro atoms. The molecule has 0 amide bonds. The normalized spacial score (nSPS) is 10.8. The fourth-order valence-electron chi connectivity index (χ4n) is 1.28. The average molecular weight is 180 g/mol. The van der Waals surface area contributed by atoms with E-state index in [1.54, 1.807) is 6.20 Å². The van der Waals surface area contributed by atoms with Crippen molar-refractivity contribution in [2.24, 2.45) is 5.92 Å². The first kappa shape index (κ1) is 9.99. The Labute approximate surface area is 78.6 Å². The lowest BCUT2D eigenvalue weighted by Gasteiger charge is -2.07. The zero-order valence-electron chi connectivity index (χ0n) is 8.12. The highest BCUT2D eigenvalue weighted by molar-refractivity contribution is 5.40. The van der Waals surface area contributed by atoms with Gasteiger partial charge in [-0.2, -0.15) is 0 Å². The van der Waals surface area contributed by atoms with Crippen molar-refractivity contribution in [2.45, 2.75) is 26.9 Å². The number of anilines is 1. The summed E-state index contributed by atoms with van der Waals surface area (Å²) in [5.74, 6) is 1.02. The molecule has 3 heteroatoms. The summed E-state index contributed by atoms with van der Waals surface area (Å²) in [6.45, 7) is 4.26. The molecule has 3 nitrogen and oxygen atoms in total. The number of aliphatic hydroxyl groups excluding tert-OH is 1. The number of pyridine rings is 1. The summed E-state index contributed by atoms with van der Waals surface area (Å²) in [4.78, 5) is 4.02. The van der Waals surface area contributed by atoms with Crippen LogP contribution in [0.2, 0.25) is 0 Å². The number of hydrogen-bond acceptors (Lipinski definition) is 3. The van der Waals surface area contributed by atoms with Crippen LogP contribution in [0.25, 0.3) is 0 Å². The van der Waals surface area contributed by atoms with Crippen molar-refractivity contribution in [3.63, 3.8) is 0 Å². The van der Waals surface area contributed by atoms with Gasteiger partial charge in [-0.25, -0.2) is 4.98 Å². The van der Waals surface area contributed by atoms with Gasteiger partial charge in [0.15, 0.2) is 0 Å². The van der Waals surface area contributed by atoms with Crippen molar-refractivity contribution in [3.8, 4) is 0 Å². The first-order valence-corrected chi connectivity index (χ1v) is 4.47. The van der Waals surface area contributed by atoms with Crippen LogP contribution < -0.4 is 5.73 Å². The number of nitrogen functional groups attached to an aromatic ring is 1. The Hall–Kier alpha value is -1.09. The number of aliphatic hydroxyl groups is 1. The topological polar surface area (TPSA) is 59.1 Å². The molecule has 0 radical (unpaired) electrons. The van der Waals surface area contributed by atoms with Crippen LogP contribution >= 0.6 is 0 Å². The molecular weight excluding hydrogens is 164 g/mol. The maximum absolute atomic E-state index is 8.96. The molecule has 1 heterocycles. The van der Waals surface area contributed by atoms with Crippen LogP contribution in [0.5, 0.6) is 0 Å². The van der Waals surface area contributed by atoms with Crippen LogP contribution in [-0.2, 0) is 13.0 Å². The predicted octanol–water partition coefficient (Wildman–Crippen LogP) is 1.35. The Morgan fingerprint density at radius 2 is 2.23 bits per heavy atom. The van der Waals surface area contributed by atoms with Gasteiger partial charge in [-0.05, 0) is 24.0 Å². The van der Waals surface area contributed by atoms with Crippen molar-refractivity contribution < 1.29 is 5.11 Å². The van der Waals surface area contributed by atoms with Gasteiger partial charge in [-0.1, -0.05) is 13.8 Å². The van der Waals surface area contributed by atoms with Gasteiger partial charge in [0.1, 0.15) is 5.82 Å². The summed E-state index contributed by atoms with van der Waals surface area (Å²) < 4.78 is 0. The lowest BCUT2D eigenvalue weighted by Crippen LogP contribution is -2.01. The third-order valence-electron chi connectivity index (χ3n) is 1.87. The molecule has 0 unspecified atom stereocenters. The van der Waals surface area contributed by atoms with Crippen LogP contribution in [-0.4, -0.2) is 10.1 Å². The van der Waals surface area contributed by atoms with Gasteiger partial charge in [0, 0.05) is 11.8 Å². The average Bonchev–Trinajstić information content (AvgIpc) is 2.07. The molecule has 0 aliphatic rings. The lowest BCUT2D eigenvalue weighted by molar-refractivity contribution is 0.282. The molecule has 72 valence electrons. The standard InChI is InChI=1S/C10H16N2O/c1-7(2)3-8-4-9(6-13)10(11)12-5-8/h4-5,7,13H,3,6H2,1-2H3,(H2,11,12). The molecule has 1 aromatic rings. The fourth-order valence-corrected chi connectivity index (χ4v) is 1.28. The molecule has 13 heavy (non-hydrogen) atoms. The van der Waals surface area contributed by atoms with Gasteiger partial charge < -0.3 is 10.8 Å². The minimum Gasteiger partial charge on any atom is -0.392 e. The highest BCUT2D eigenvalue weighted by atomic mass is 16.3. The van der Waals surface area contributed by atoms with Crippen LogP contribution in [0.4, 0.5) is 5.82 Å². The molecule has 1 rings (SSSR count). The molecule has 1 aromatic heterocycles. The van der Waals surface area contributed by atoms with Gasteiger partial charge in [0.05, 0.1) is 6.61 Å².